The van der Waals surface area contributed by atoms with E-state index in [1.54, 1.807) is 0 Å². The first-order chi connectivity index (χ1) is 8.77. The Hall–Kier alpha value is -0.490. The van der Waals surface area contributed by atoms with Crippen LogP contribution in [0.1, 0.15) is 33.1 Å². The van der Waals surface area contributed by atoms with E-state index >= 15 is 0 Å². The van der Waals surface area contributed by atoms with Crippen molar-refractivity contribution in [3.63, 3.8) is 0 Å². The molecule has 0 bridgehead atoms. The van der Waals surface area contributed by atoms with Crippen molar-refractivity contribution in [1.82, 2.24) is 4.72 Å². The van der Waals surface area contributed by atoms with Crippen LogP contribution in [-0.2, 0) is 10.0 Å². The summed E-state index contributed by atoms with van der Waals surface area (Å²) in [5.41, 5.74) is 5.88. The number of sulfonamides is 1. The lowest BCUT2D eigenvalue weighted by Gasteiger charge is -2.15. The largest absolute Gasteiger partial charge is 0.399 e. The minimum atomic E-state index is -3.74. The lowest BCUT2D eigenvalue weighted by Crippen LogP contribution is -2.32. The lowest BCUT2D eigenvalue weighted by molar-refractivity contribution is 0.534. The monoisotopic (exact) mass is 324 g/mol. The van der Waals surface area contributed by atoms with Crippen molar-refractivity contribution in [2.24, 2.45) is 0 Å². The van der Waals surface area contributed by atoms with Crippen LogP contribution in [0.25, 0.3) is 0 Å². The molecule has 1 aromatic carbocycles. The number of nitrogens with two attached hydrogens (primary N) is 1. The van der Waals surface area contributed by atoms with Crippen molar-refractivity contribution < 1.29 is 8.42 Å². The van der Waals surface area contributed by atoms with Crippen LogP contribution < -0.4 is 10.5 Å². The molecule has 0 fully saturated rings. The molecule has 0 spiro atoms. The number of anilines is 1. The summed E-state index contributed by atoms with van der Waals surface area (Å²) in [7, 11) is -3.74. The first-order valence-electron chi connectivity index (χ1n) is 6.04. The lowest BCUT2D eigenvalue weighted by atomic mass is 10.2. The topological polar surface area (TPSA) is 72.2 Å². The standard InChI is InChI=1S/C12H18Cl2N2O2S/c1-3-4-5-8(2)16-19(17,18)12-10(13)6-9(15)7-11(12)14/h6-8,16H,3-5,15H2,1-2H3. The molecule has 4 nitrogen and oxygen atoms in total. The van der Waals surface area contributed by atoms with Gasteiger partial charge >= 0.3 is 0 Å². The molecule has 1 atom stereocenters. The average Bonchev–Trinajstić information content (AvgIpc) is 2.23. The minimum absolute atomic E-state index is 0.0280. The van der Waals surface area contributed by atoms with Gasteiger partial charge in [0, 0.05) is 11.7 Å². The normalized spacial score (nSPS) is 13.5. The van der Waals surface area contributed by atoms with Crippen molar-refractivity contribution in [2.45, 2.75) is 44.0 Å². The summed E-state index contributed by atoms with van der Waals surface area (Å²) >= 11 is 11.8. The van der Waals surface area contributed by atoms with E-state index in [1.807, 2.05) is 6.92 Å². The van der Waals surface area contributed by atoms with Crippen molar-refractivity contribution in [3.05, 3.63) is 22.2 Å². The zero-order valence-corrected chi connectivity index (χ0v) is 13.2. The van der Waals surface area contributed by atoms with E-state index in [0.717, 1.165) is 19.3 Å². The predicted molar refractivity (Wildman–Crippen MR) is 80.2 cm³/mol. The molecule has 0 aliphatic heterocycles. The fraction of sp³-hybridized carbons (Fsp3) is 0.500. The second-order valence-corrected chi connectivity index (χ2v) is 6.94. The van der Waals surface area contributed by atoms with Crippen LogP contribution in [0.3, 0.4) is 0 Å². The molecular formula is C12H18Cl2N2O2S. The fourth-order valence-electron chi connectivity index (χ4n) is 1.73. The third-order valence-electron chi connectivity index (χ3n) is 2.64. The summed E-state index contributed by atoms with van der Waals surface area (Å²) in [6.07, 6.45) is 2.72. The maximum atomic E-state index is 12.2. The highest BCUT2D eigenvalue weighted by atomic mass is 35.5. The molecule has 7 heteroatoms. The molecule has 1 rings (SSSR count). The molecule has 0 heterocycles. The van der Waals surface area contributed by atoms with E-state index in [9.17, 15) is 8.42 Å². The van der Waals surface area contributed by atoms with Crippen molar-refractivity contribution in [3.8, 4) is 0 Å². The molecule has 1 aromatic rings. The van der Waals surface area contributed by atoms with Gasteiger partial charge in [0.25, 0.3) is 0 Å². The third kappa shape index (κ3) is 4.53. The Kier molecular flexibility index (Phi) is 5.92. The third-order valence-corrected chi connectivity index (χ3v) is 5.15. The number of unbranched alkanes of at least 4 members (excludes halogenated alkanes) is 1. The van der Waals surface area contributed by atoms with Crippen LogP contribution >= 0.6 is 23.2 Å². The van der Waals surface area contributed by atoms with Crippen molar-refractivity contribution in [2.75, 3.05) is 5.73 Å². The van der Waals surface area contributed by atoms with Crippen LogP contribution in [0.5, 0.6) is 0 Å². The van der Waals surface area contributed by atoms with Gasteiger partial charge in [0.05, 0.1) is 10.0 Å². The minimum Gasteiger partial charge on any atom is -0.399 e. The Morgan fingerprint density at radius 3 is 2.32 bits per heavy atom. The van der Waals surface area contributed by atoms with Gasteiger partial charge in [-0.1, -0.05) is 43.0 Å². The van der Waals surface area contributed by atoms with Crippen LogP contribution in [0.4, 0.5) is 5.69 Å². The molecule has 0 aliphatic rings. The first kappa shape index (κ1) is 16.6. The second kappa shape index (κ2) is 6.79. The Morgan fingerprint density at radius 1 is 1.32 bits per heavy atom. The van der Waals surface area contributed by atoms with Gasteiger partial charge in [-0.05, 0) is 25.5 Å². The summed E-state index contributed by atoms with van der Waals surface area (Å²) in [6, 6.07) is 2.58. The molecule has 3 N–H and O–H groups in total. The van der Waals surface area contributed by atoms with Crippen molar-refractivity contribution >= 4 is 38.9 Å². The van der Waals surface area contributed by atoms with Gasteiger partial charge in [0.15, 0.2) is 0 Å². The van der Waals surface area contributed by atoms with Crippen LogP contribution in [0.2, 0.25) is 10.0 Å². The molecule has 0 aliphatic carbocycles. The second-order valence-electron chi connectivity index (χ2n) is 4.48. The summed E-state index contributed by atoms with van der Waals surface area (Å²) in [6.45, 7) is 3.86. The zero-order valence-electron chi connectivity index (χ0n) is 10.9. The Balaban J connectivity index is 3.01. The maximum absolute atomic E-state index is 12.2. The molecule has 19 heavy (non-hydrogen) atoms. The fourth-order valence-corrected chi connectivity index (χ4v) is 4.24. The van der Waals surface area contributed by atoms with E-state index < -0.39 is 10.0 Å². The highest BCUT2D eigenvalue weighted by Gasteiger charge is 2.23. The highest BCUT2D eigenvalue weighted by Crippen LogP contribution is 2.31. The molecule has 0 radical (unpaired) electrons. The average molecular weight is 325 g/mol. The predicted octanol–water partition coefficient (Wildman–Crippen LogP) is 3.43. The summed E-state index contributed by atoms with van der Waals surface area (Å²) < 4.78 is 27.0. The SMILES string of the molecule is CCCCC(C)NS(=O)(=O)c1c(Cl)cc(N)cc1Cl. The molecule has 0 saturated heterocycles. The number of nitrogens with one attached hydrogen (secondary N) is 1. The molecule has 0 saturated carbocycles. The van der Waals surface area contributed by atoms with E-state index in [1.165, 1.54) is 12.1 Å². The Bertz CT molecular complexity index is 524. The number of hydrogen-bond acceptors (Lipinski definition) is 3. The van der Waals surface area contributed by atoms with E-state index in [4.69, 9.17) is 28.9 Å². The van der Waals surface area contributed by atoms with Gasteiger partial charge in [-0.2, -0.15) is 0 Å². The number of benzene rings is 1. The molecule has 0 aromatic heterocycles. The molecule has 108 valence electrons. The van der Waals surface area contributed by atoms with Crippen LogP contribution in [0, 0.1) is 0 Å². The van der Waals surface area contributed by atoms with E-state index in [-0.39, 0.29) is 21.0 Å². The van der Waals surface area contributed by atoms with E-state index in [0.29, 0.717) is 5.69 Å². The highest BCUT2D eigenvalue weighted by molar-refractivity contribution is 7.89. The number of halogens is 2. The summed E-state index contributed by atoms with van der Waals surface area (Å²) in [5, 5.41) is 0.0559. The van der Waals surface area contributed by atoms with Crippen molar-refractivity contribution in [1.29, 1.82) is 0 Å². The van der Waals surface area contributed by atoms with Gasteiger partial charge in [-0.15, -0.1) is 0 Å². The molecule has 0 amide bonds. The summed E-state index contributed by atoms with van der Waals surface area (Å²) in [4.78, 5) is -0.117. The number of nitrogen functional groups attached to an aromatic ring is 1. The Labute approximate surface area is 124 Å². The van der Waals surface area contributed by atoms with Gasteiger partial charge < -0.3 is 5.73 Å². The first-order valence-corrected chi connectivity index (χ1v) is 8.28. The Morgan fingerprint density at radius 2 is 1.84 bits per heavy atom. The number of hydrogen-bond donors (Lipinski definition) is 2. The smallest absolute Gasteiger partial charge is 0.243 e. The molecular weight excluding hydrogens is 307 g/mol. The zero-order chi connectivity index (χ0) is 14.6. The van der Waals surface area contributed by atoms with Gasteiger partial charge in [-0.25, -0.2) is 13.1 Å². The van der Waals surface area contributed by atoms with Crippen LogP contribution in [-0.4, -0.2) is 14.5 Å². The quantitative estimate of drug-likeness (QED) is 0.787. The van der Waals surface area contributed by atoms with Gasteiger partial charge in [0.1, 0.15) is 4.90 Å². The van der Waals surface area contributed by atoms with Crippen LogP contribution in [0.15, 0.2) is 17.0 Å². The van der Waals surface area contributed by atoms with Gasteiger partial charge in [0.2, 0.25) is 10.0 Å². The maximum Gasteiger partial charge on any atom is 0.243 e. The van der Waals surface area contributed by atoms with E-state index in [2.05, 4.69) is 11.6 Å². The van der Waals surface area contributed by atoms with Gasteiger partial charge in [-0.3, -0.25) is 0 Å². The number of rotatable bonds is 6. The molecule has 1 unspecified atom stereocenters. The summed E-state index contributed by atoms with van der Waals surface area (Å²) in [5.74, 6) is 0.